The van der Waals surface area contributed by atoms with Crippen molar-refractivity contribution < 1.29 is 27.9 Å². The maximum absolute atomic E-state index is 13.1. The highest BCUT2D eigenvalue weighted by molar-refractivity contribution is 7.90. The molecule has 0 radical (unpaired) electrons. The Morgan fingerprint density at radius 3 is 2.70 bits per heavy atom. The number of hydrogen-bond donors (Lipinski definition) is 1. The number of ether oxygens (including phenoxy) is 1. The van der Waals surface area contributed by atoms with E-state index in [9.17, 15) is 23.1 Å². The molecule has 1 N–H and O–H groups in total. The molecule has 40 heavy (non-hydrogen) atoms. The van der Waals surface area contributed by atoms with E-state index in [0.29, 0.717) is 41.6 Å². The van der Waals surface area contributed by atoms with Crippen LogP contribution in [0.3, 0.4) is 0 Å². The number of aromatic nitrogens is 1. The Hall–Kier alpha value is -3.95. The second-order valence-electron chi connectivity index (χ2n) is 10.0. The van der Waals surface area contributed by atoms with Crippen molar-refractivity contribution >= 4 is 45.0 Å². The Morgan fingerprint density at radius 2 is 1.98 bits per heavy atom. The number of benzene rings is 2. The van der Waals surface area contributed by atoms with Gasteiger partial charge in [-0.1, -0.05) is 29.8 Å². The molecule has 206 valence electrons. The van der Waals surface area contributed by atoms with Crippen LogP contribution >= 0.6 is 11.6 Å². The second-order valence-corrected chi connectivity index (χ2v) is 12.5. The number of rotatable bonds is 5. The summed E-state index contributed by atoms with van der Waals surface area (Å²) in [6.07, 6.45) is 8.43. The molecule has 0 aliphatic carbocycles. The number of nitrogens with zero attached hydrogens (tertiary/aromatic N) is 2. The molecule has 3 heterocycles. The summed E-state index contributed by atoms with van der Waals surface area (Å²) in [6, 6.07) is 13.4. The lowest BCUT2D eigenvalue weighted by Gasteiger charge is -2.38. The molecule has 2 aromatic carbocycles. The second kappa shape index (κ2) is 10.6. The van der Waals surface area contributed by atoms with Crippen LogP contribution in [0.4, 0.5) is 0 Å². The van der Waals surface area contributed by atoms with E-state index in [4.69, 9.17) is 16.3 Å². The first-order valence-electron chi connectivity index (χ1n) is 12.6. The zero-order valence-corrected chi connectivity index (χ0v) is 23.5. The van der Waals surface area contributed by atoms with E-state index in [1.165, 1.54) is 12.1 Å². The van der Waals surface area contributed by atoms with E-state index in [-0.39, 0.29) is 33.7 Å². The smallest absolute Gasteiger partial charge is 0.343 e. The molecule has 3 aromatic rings. The van der Waals surface area contributed by atoms with E-state index in [2.05, 4.69) is 4.98 Å². The van der Waals surface area contributed by atoms with E-state index in [1.807, 2.05) is 6.07 Å². The van der Waals surface area contributed by atoms with Gasteiger partial charge in [0, 0.05) is 41.9 Å². The standard InChI is InChI=1S/C30H27ClN2O6S/c1-19-14-24(21-7-3-8-22(15-21)40(2,37)38)25(31)16-23(19)27-28(35)30(39-29(27)36)11-5-13-33(18-30)26(34)10-9-20-6-4-12-32-17-20/h3-4,6-10,12,14-17,35H,5,11,13,18H2,1-2H3/b10-9+. The minimum Gasteiger partial charge on any atom is -0.507 e. The molecule has 0 bridgehead atoms. The summed E-state index contributed by atoms with van der Waals surface area (Å²) >= 11 is 6.63. The van der Waals surface area contributed by atoms with Crippen LogP contribution in [0.15, 0.2) is 77.7 Å². The first kappa shape index (κ1) is 27.6. The summed E-state index contributed by atoms with van der Waals surface area (Å²) in [5.41, 5.74) is 1.69. The molecule has 5 rings (SSSR count). The molecule has 1 amide bonds. The van der Waals surface area contributed by atoms with Gasteiger partial charge in [0.25, 0.3) is 0 Å². The quantitative estimate of drug-likeness (QED) is 0.334. The van der Waals surface area contributed by atoms with Gasteiger partial charge in [0.15, 0.2) is 21.2 Å². The Labute approximate surface area is 237 Å². The highest BCUT2D eigenvalue weighted by atomic mass is 35.5. The summed E-state index contributed by atoms with van der Waals surface area (Å²) in [6.45, 7) is 2.26. The van der Waals surface area contributed by atoms with Crippen molar-refractivity contribution in [2.75, 3.05) is 19.3 Å². The van der Waals surface area contributed by atoms with E-state index in [0.717, 1.165) is 11.8 Å². The highest BCUT2D eigenvalue weighted by Gasteiger charge is 2.51. The molecule has 0 saturated carbocycles. The number of carbonyl (C=O) groups excluding carboxylic acids is 2. The van der Waals surface area contributed by atoms with Gasteiger partial charge in [-0.25, -0.2) is 13.2 Å². The van der Waals surface area contributed by atoms with Gasteiger partial charge >= 0.3 is 5.97 Å². The maximum atomic E-state index is 13.1. The van der Waals surface area contributed by atoms with Crippen molar-refractivity contribution in [2.45, 2.75) is 30.3 Å². The molecule has 10 heteroatoms. The number of likely N-dealkylation sites (tertiary alicyclic amines) is 1. The summed E-state index contributed by atoms with van der Waals surface area (Å²) in [4.78, 5) is 31.8. The third kappa shape index (κ3) is 5.26. The zero-order valence-electron chi connectivity index (χ0n) is 21.9. The van der Waals surface area contributed by atoms with Gasteiger partial charge in [-0.05, 0) is 78.4 Å². The normalized spacial score (nSPS) is 19.5. The molecular weight excluding hydrogens is 552 g/mol. The van der Waals surface area contributed by atoms with Crippen molar-refractivity contribution in [1.82, 2.24) is 9.88 Å². The molecule has 1 saturated heterocycles. The van der Waals surface area contributed by atoms with Gasteiger partial charge in [0.1, 0.15) is 5.57 Å². The van der Waals surface area contributed by atoms with Crippen molar-refractivity contribution in [3.63, 3.8) is 0 Å². The third-order valence-corrected chi connectivity index (χ3v) is 8.61. The summed E-state index contributed by atoms with van der Waals surface area (Å²) < 4.78 is 29.8. The fourth-order valence-electron chi connectivity index (χ4n) is 5.14. The third-order valence-electron chi connectivity index (χ3n) is 7.19. The first-order valence-corrected chi connectivity index (χ1v) is 14.9. The van der Waals surface area contributed by atoms with E-state index >= 15 is 0 Å². The monoisotopic (exact) mass is 578 g/mol. The Bertz CT molecular complexity index is 1680. The van der Waals surface area contributed by atoms with E-state index in [1.54, 1.807) is 66.7 Å². The first-order chi connectivity index (χ1) is 19.0. The lowest BCUT2D eigenvalue weighted by atomic mass is 9.87. The van der Waals surface area contributed by atoms with Crippen LogP contribution < -0.4 is 0 Å². The summed E-state index contributed by atoms with van der Waals surface area (Å²) in [5.74, 6) is -1.18. The molecule has 2 aliphatic rings. The Balaban J connectivity index is 1.45. The number of carbonyl (C=O) groups is 2. The van der Waals surface area contributed by atoms with Crippen molar-refractivity contribution in [2.24, 2.45) is 0 Å². The van der Waals surface area contributed by atoms with Crippen molar-refractivity contribution in [3.05, 3.63) is 94.5 Å². The molecular formula is C30H27ClN2O6S. The largest absolute Gasteiger partial charge is 0.507 e. The van der Waals surface area contributed by atoms with Gasteiger partial charge in [-0.15, -0.1) is 0 Å². The fraction of sp³-hybridized carbons (Fsp3) is 0.233. The zero-order chi connectivity index (χ0) is 28.7. The minimum absolute atomic E-state index is 0.0102. The molecule has 2 aliphatic heterocycles. The van der Waals surface area contributed by atoms with Crippen LogP contribution in [0.1, 0.15) is 29.5 Å². The predicted octanol–water partition coefficient (Wildman–Crippen LogP) is 5.01. The fourth-order valence-corrected chi connectivity index (χ4v) is 6.08. The Kier molecular flexibility index (Phi) is 7.29. The van der Waals surface area contributed by atoms with Gasteiger partial charge < -0.3 is 14.7 Å². The van der Waals surface area contributed by atoms with Crippen LogP contribution in [-0.4, -0.2) is 60.2 Å². The molecule has 1 unspecified atom stereocenters. The van der Waals surface area contributed by atoms with Crippen LogP contribution in [-0.2, 0) is 24.2 Å². The average molecular weight is 579 g/mol. The number of aliphatic hydroxyl groups excluding tert-OH is 1. The maximum Gasteiger partial charge on any atom is 0.343 e. The molecule has 8 nitrogen and oxygen atoms in total. The van der Waals surface area contributed by atoms with Crippen LogP contribution in [0.2, 0.25) is 5.02 Å². The number of sulfone groups is 1. The number of aryl methyl sites for hydroxylation is 1. The molecule has 1 aromatic heterocycles. The van der Waals surface area contributed by atoms with Crippen molar-refractivity contribution in [3.8, 4) is 11.1 Å². The average Bonchev–Trinajstić information content (AvgIpc) is 3.16. The predicted molar refractivity (Wildman–Crippen MR) is 152 cm³/mol. The van der Waals surface area contributed by atoms with Crippen LogP contribution in [0.25, 0.3) is 22.8 Å². The highest BCUT2D eigenvalue weighted by Crippen LogP contribution is 2.44. The number of hydrogen-bond acceptors (Lipinski definition) is 7. The van der Waals surface area contributed by atoms with Gasteiger partial charge in [-0.3, -0.25) is 9.78 Å². The number of aliphatic hydroxyl groups is 1. The topological polar surface area (TPSA) is 114 Å². The number of halogens is 1. The molecule has 1 spiro atoms. The minimum atomic E-state index is -3.42. The number of piperidine rings is 1. The molecule has 1 fully saturated rings. The van der Waals surface area contributed by atoms with Gasteiger partial charge in [0.05, 0.1) is 11.4 Å². The number of pyridine rings is 1. The summed E-state index contributed by atoms with van der Waals surface area (Å²) in [7, 11) is -3.42. The Morgan fingerprint density at radius 1 is 1.18 bits per heavy atom. The number of esters is 1. The van der Waals surface area contributed by atoms with Crippen LogP contribution in [0, 0.1) is 6.92 Å². The van der Waals surface area contributed by atoms with Gasteiger partial charge in [0.2, 0.25) is 5.91 Å². The SMILES string of the molecule is Cc1cc(-c2cccc(S(C)(=O)=O)c2)c(Cl)cc1C1=C(O)C2(CCCN(C(=O)/C=C/c3cccnc3)C2)OC1=O. The lowest BCUT2D eigenvalue weighted by Crippen LogP contribution is -2.51. The van der Waals surface area contributed by atoms with E-state index < -0.39 is 21.4 Å². The van der Waals surface area contributed by atoms with Crippen LogP contribution in [0.5, 0.6) is 0 Å². The van der Waals surface area contributed by atoms with Crippen molar-refractivity contribution in [1.29, 1.82) is 0 Å². The summed E-state index contributed by atoms with van der Waals surface area (Å²) in [5, 5.41) is 11.7. The lowest BCUT2D eigenvalue weighted by molar-refractivity contribution is -0.155. The van der Waals surface area contributed by atoms with Gasteiger partial charge in [-0.2, -0.15) is 0 Å². The number of amides is 1. The molecule has 1 atom stereocenters.